The van der Waals surface area contributed by atoms with Crippen molar-refractivity contribution in [1.29, 1.82) is 0 Å². The number of hydrogen-bond donors (Lipinski definition) is 0. The molecule has 0 N–H and O–H groups in total. The summed E-state index contributed by atoms with van der Waals surface area (Å²) in [6.45, 7) is 4.41. The highest BCUT2D eigenvalue weighted by Gasteiger charge is 2.03. The molecule has 0 aliphatic heterocycles. The molecular formula is C12H15ClOS. The summed E-state index contributed by atoms with van der Waals surface area (Å²) in [4.78, 5) is 11.6. The van der Waals surface area contributed by atoms with Crippen molar-refractivity contribution in [3.63, 3.8) is 0 Å². The summed E-state index contributed by atoms with van der Waals surface area (Å²) in [7, 11) is 0. The molecule has 0 unspecified atom stereocenters. The van der Waals surface area contributed by atoms with Gasteiger partial charge in [0.25, 0.3) is 0 Å². The maximum atomic E-state index is 10.5. The number of benzene rings is 1. The molecule has 0 radical (unpaired) electrons. The van der Waals surface area contributed by atoms with Crippen LogP contribution in [0.3, 0.4) is 0 Å². The van der Waals surface area contributed by atoms with Crippen LogP contribution in [0.2, 0.25) is 5.02 Å². The van der Waals surface area contributed by atoms with Gasteiger partial charge in [-0.25, -0.2) is 0 Å². The van der Waals surface area contributed by atoms with Gasteiger partial charge in [0.05, 0.1) is 5.02 Å². The van der Waals surface area contributed by atoms with Gasteiger partial charge in [0, 0.05) is 10.5 Å². The van der Waals surface area contributed by atoms with Crippen LogP contribution in [0.1, 0.15) is 30.6 Å². The quantitative estimate of drug-likeness (QED) is 0.566. The SMILES string of the molecule is CC(C)CCSc1ccc(C=O)cc1Cl. The Morgan fingerprint density at radius 2 is 2.20 bits per heavy atom. The van der Waals surface area contributed by atoms with Gasteiger partial charge >= 0.3 is 0 Å². The lowest BCUT2D eigenvalue weighted by Gasteiger charge is -2.06. The fraction of sp³-hybridized carbons (Fsp3) is 0.417. The largest absolute Gasteiger partial charge is 0.298 e. The number of thioether (sulfide) groups is 1. The Morgan fingerprint density at radius 1 is 1.47 bits per heavy atom. The number of halogens is 1. The molecule has 15 heavy (non-hydrogen) atoms. The molecule has 0 fully saturated rings. The van der Waals surface area contributed by atoms with Crippen molar-refractivity contribution in [2.24, 2.45) is 5.92 Å². The Hall–Kier alpha value is -0.470. The van der Waals surface area contributed by atoms with Crippen molar-refractivity contribution < 1.29 is 4.79 Å². The molecule has 0 heterocycles. The van der Waals surface area contributed by atoms with Crippen LogP contribution < -0.4 is 0 Å². The van der Waals surface area contributed by atoms with Gasteiger partial charge in [-0.15, -0.1) is 11.8 Å². The molecule has 1 aromatic carbocycles. The number of hydrogen-bond acceptors (Lipinski definition) is 2. The van der Waals surface area contributed by atoms with Crippen molar-refractivity contribution in [2.45, 2.75) is 25.2 Å². The van der Waals surface area contributed by atoms with Gasteiger partial charge in [-0.1, -0.05) is 31.5 Å². The van der Waals surface area contributed by atoms with Gasteiger partial charge in [-0.3, -0.25) is 4.79 Å². The first kappa shape index (κ1) is 12.6. The topological polar surface area (TPSA) is 17.1 Å². The summed E-state index contributed by atoms with van der Waals surface area (Å²) in [6, 6.07) is 5.43. The van der Waals surface area contributed by atoms with Gasteiger partial charge < -0.3 is 0 Å². The fourth-order valence-electron chi connectivity index (χ4n) is 1.11. The molecule has 1 nitrogen and oxygen atoms in total. The van der Waals surface area contributed by atoms with Crippen molar-refractivity contribution in [2.75, 3.05) is 5.75 Å². The maximum Gasteiger partial charge on any atom is 0.150 e. The van der Waals surface area contributed by atoms with E-state index in [1.54, 1.807) is 23.9 Å². The molecule has 0 spiro atoms. The minimum atomic E-state index is 0.633. The fourth-order valence-corrected chi connectivity index (χ4v) is 2.63. The second-order valence-corrected chi connectivity index (χ2v) is 5.38. The molecule has 0 saturated heterocycles. The molecule has 0 aliphatic carbocycles. The van der Waals surface area contributed by atoms with Crippen LogP contribution in [-0.4, -0.2) is 12.0 Å². The second-order valence-electron chi connectivity index (χ2n) is 3.84. The van der Waals surface area contributed by atoms with Crippen molar-refractivity contribution >= 4 is 29.6 Å². The smallest absolute Gasteiger partial charge is 0.150 e. The normalized spacial score (nSPS) is 10.7. The Balaban J connectivity index is 2.58. The summed E-state index contributed by atoms with van der Waals surface area (Å²) < 4.78 is 0. The molecule has 1 rings (SSSR count). The lowest BCUT2D eigenvalue weighted by molar-refractivity contribution is 0.112. The lowest BCUT2D eigenvalue weighted by atomic mass is 10.2. The molecule has 82 valence electrons. The molecule has 1 aromatic rings. The van der Waals surface area contributed by atoms with Crippen LogP contribution in [-0.2, 0) is 0 Å². The highest BCUT2D eigenvalue weighted by molar-refractivity contribution is 7.99. The zero-order valence-electron chi connectivity index (χ0n) is 9.00. The van der Waals surface area contributed by atoms with E-state index in [1.807, 2.05) is 6.07 Å². The van der Waals surface area contributed by atoms with E-state index in [9.17, 15) is 4.79 Å². The molecule has 0 amide bonds. The van der Waals surface area contributed by atoms with Crippen molar-refractivity contribution in [1.82, 2.24) is 0 Å². The molecule has 0 saturated carbocycles. The number of carbonyl (C=O) groups excluding carboxylic acids is 1. The van der Waals surface area contributed by atoms with Gasteiger partial charge in [0.15, 0.2) is 0 Å². The standard InChI is InChI=1S/C12H15ClOS/c1-9(2)5-6-15-12-4-3-10(8-14)7-11(12)13/h3-4,7-9H,5-6H2,1-2H3. The van der Waals surface area contributed by atoms with Crippen LogP contribution >= 0.6 is 23.4 Å². The molecular weight excluding hydrogens is 228 g/mol. The van der Waals surface area contributed by atoms with E-state index in [2.05, 4.69) is 13.8 Å². The van der Waals surface area contributed by atoms with E-state index in [-0.39, 0.29) is 0 Å². The highest BCUT2D eigenvalue weighted by atomic mass is 35.5. The first-order valence-corrected chi connectivity index (χ1v) is 6.37. The van der Waals surface area contributed by atoms with Crippen LogP contribution in [0, 0.1) is 5.92 Å². The Morgan fingerprint density at radius 3 is 2.73 bits per heavy atom. The molecule has 0 aromatic heterocycles. The van der Waals surface area contributed by atoms with Gasteiger partial charge in [0.2, 0.25) is 0 Å². The third-order valence-corrected chi connectivity index (χ3v) is 3.58. The Bertz CT molecular complexity index is 336. The van der Waals surface area contributed by atoms with Gasteiger partial charge in [-0.05, 0) is 30.2 Å². The lowest BCUT2D eigenvalue weighted by Crippen LogP contribution is -1.90. The molecule has 3 heteroatoms. The average molecular weight is 243 g/mol. The summed E-state index contributed by atoms with van der Waals surface area (Å²) in [5.41, 5.74) is 0.633. The van der Waals surface area contributed by atoms with Crippen LogP contribution in [0.5, 0.6) is 0 Å². The summed E-state index contributed by atoms with van der Waals surface area (Å²) >= 11 is 7.79. The average Bonchev–Trinajstić information content (AvgIpc) is 2.20. The third kappa shape index (κ3) is 4.27. The third-order valence-electron chi connectivity index (χ3n) is 2.04. The van der Waals surface area contributed by atoms with E-state index in [0.29, 0.717) is 16.5 Å². The molecule has 0 atom stereocenters. The van der Waals surface area contributed by atoms with E-state index < -0.39 is 0 Å². The number of aldehydes is 1. The zero-order chi connectivity index (χ0) is 11.3. The van der Waals surface area contributed by atoms with Crippen LogP contribution in [0.25, 0.3) is 0 Å². The second kappa shape index (κ2) is 6.19. The predicted molar refractivity (Wildman–Crippen MR) is 67.0 cm³/mol. The maximum absolute atomic E-state index is 10.5. The Kier molecular flexibility index (Phi) is 5.20. The van der Waals surface area contributed by atoms with E-state index in [4.69, 9.17) is 11.6 Å². The van der Waals surface area contributed by atoms with Crippen molar-refractivity contribution in [3.8, 4) is 0 Å². The number of rotatable bonds is 5. The first-order valence-electron chi connectivity index (χ1n) is 5.01. The van der Waals surface area contributed by atoms with E-state index in [1.165, 1.54) is 6.42 Å². The zero-order valence-corrected chi connectivity index (χ0v) is 10.6. The monoisotopic (exact) mass is 242 g/mol. The molecule has 0 aliphatic rings. The van der Waals surface area contributed by atoms with E-state index in [0.717, 1.165) is 16.9 Å². The molecule has 0 bridgehead atoms. The first-order chi connectivity index (χ1) is 7.13. The number of carbonyl (C=O) groups is 1. The Labute approximate surface area is 100 Å². The summed E-state index contributed by atoms with van der Waals surface area (Å²) in [6.07, 6.45) is 1.99. The summed E-state index contributed by atoms with van der Waals surface area (Å²) in [5, 5.41) is 0.674. The minimum absolute atomic E-state index is 0.633. The van der Waals surface area contributed by atoms with E-state index >= 15 is 0 Å². The summed E-state index contributed by atoms with van der Waals surface area (Å²) in [5.74, 6) is 1.78. The van der Waals surface area contributed by atoms with Crippen LogP contribution in [0.4, 0.5) is 0 Å². The highest BCUT2D eigenvalue weighted by Crippen LogP contribution is 2.28. The predicted octanol–water partition coefficient (Wildman–Crippen LogP) is 4.29. The van der Waals surface area contributed by atoms with Gasteiger partial charge in [0.1, 0.15) is 6.29 Å². The van der Waals surface area contributed by atoms with Crippen molar-refractivity contribution in [3.05, 3.63) is 28.8 Å². The van der Waals surface area contributed by atoms with Crippen LogP contribution in [0.15, 0.2) is 23.1 Å². The minimum Gasteiger partial charge on any atom is -0.298 e. The van der Waals surface area contributed by atoms with Gasteiger partial charge in [-0.2, -0.15) is 0 Å².